The highest BCUT2D eigenvalue weighted by atomic mass is 16.5. The maximum absolute atomic E-state index is 6.43. The Morgan fingerprint density at radius 1 is 1.28 bits per heavy atom. The van der Waals surface area contributed by atoms with E-state index in [1.807, 2.05) is 0 Å². The van der Waals surface area contributed by atoms with E-state index in [0.717, 1.165) is 31.1 Å². The molecule has 2 heteroatoms. The lowest BCUT2D eigenvalue weighted by Crippen LogP contribution is -2.45. The minimum atomic E-state index is 0.0845. The molecule has 2 aliphatic rings. The number of para-hydroxylation sites is 1. The lowest BCUT2D eigenvalue weighted by atomic mass is 9.82. The fraction of sp³-hybridized carbons (Fsp3) is 0.625. The summed E-state index contributed by atoms with van der Waals surface area (Å²) >= 11 is 0. The largest absolute Gasteiger partial charge is 0.487 e. The van der Waals surface area contributed by atoms with Gasteiger partial charge in [0.05, 0.1) is 0 Å². The van der Waals surface area contributed by atoms with Crippen molar-refractivity contribution in [3.63, 3.8) is 0 Å². The second-order valence-corrected chi connectivity index (χ2v) is 5.65. The summed E-state index contributed by atoms with van der Waals surface area (Å²) in [7, 11) is 0. The molecule has 3 rings (SSSR count). The molecule has 18 heavy (non-hydrogen) atoms. The monoisotopic (exact) mass is 245 g/mol. The van der Waals surface area contributed by atoms with Crippen molar-refractivity contribution in [3.8, 4) is 5.75 Å². The van der Waals surface area contributed by atoms with E-state index < -0.39 is 0 Å². The fourth-order valence-electron chi connectivity index (χ4n) is 3.37. The highest BCUT2D eigenvalue weighted by Gasteiger charge is 2.49. The molecule has 1 aromatic carbocycles. The van der Waals surface area contributed by atoms with Gasteiger partial charge in [0, 0.05) is 18.0 Å². The van der Waals surface area contributed by atoms with Gasteiger partial charge in [-0.1, -0.05) is 32.0 Å². The zero-order valence-electron chi connectivity index (χ0n) is 11.4. The van der Waals surface area contributed by atoms with Gasteiger partial charge in [0.2, 0.25) is 0 Å². The van der Waals surface area contributed by atoms with Crippen molar-refractivity contribution in [2.75, 3.05) is 6.54 Å². The standard InChI is InChI=1S/C16H23NO/c1-3-16(12-9-10-12)11-14(17-4-2)13-7-5-6-8-15(13)18-16/h5-8,12,14,17H,3-4,9-11H2,1-2H3. The number of hydrogen-bond acceptors (Lipinski definition) is 2. The Labute approximate surface area is 110 Å². The zero-order chi connectivity index (χ0) is 12.6. The van der Waals surface area contributed by atoms with Crippen molar-refractivity contribution in [2.45, 2.75) is 51.2 Å². The van der Waals surface area contributed by atoms with Crippen molar-refractivity contribution in [1.82, 2.24) is 5.32 Å². The Balaban J connectivity index is 1.96. The fourth-order valence-corrected chi connectivity index (χ4v) is 3.37. The number of rotatable bonds is 4. The minimum absolute atomic E-state index is 0.0845. The molecule has 1 aliphatic heterocycles. The summed E-state index contributed by atoms with van der Waals surface area (Å²) in [4.78, 5) is 0. The van der Waals surface area contributed by atoms with E-state index in [9.17, 15) is 0 Å². The first kappa shape index (κ1) is 12.0. The highest BCUT2D eigenvalue weighted by molar-refractivity contribution is 5.39. The van der Waals surface area contributed by atoms with Gasteiger partial charge in [-0.05, 0) is 37.8 Å². The molecular weight excluding hydrogens is 222 g/mol. The van der Waals surface area contributed by atoms with Gasteiger partial charge in [0.15, 0.2) is 0 Å². The summed E-state index contributed by atoms with van der Waals surface area (Å²) in [6.07, 6.45) is 4.93. The van der Waals surface area contributed by atoms with E-state index in [4.69, 9.17) is 4.74 Å². The van der Waals surface area contributed by atoms with Crippen LogP contribution in [0.2, 0.25) is 0 Å². The van der Waals surface area contributed by atoms with Crippen molar-refractivity contribution < 1.29 is 4.74 Å². The van der Waals surface area contributed by atoms with E-state index in [2.05, 4.69) is 43.4 Å². The maximum atomic E-state index is 6.43. The van der Waals surface area contributed by atoms with Crippen LogP contribution in [0.5, 0.6) is 5.75 Å². The van der Waals surface area contributed by atoms with Crippen LogP contribution in [0.3, 0.4) is 0 Å². The van der Waals surface area contributed by atoms with E-state index in [1.54, 1.807) is 0 Å². The molecule has 1 aromatic rings. The number of nitrogens with one attached hydrogen (secondary N) is 1. The molecule has 0 amide bonds. The molecule has 1 fully saturated rings. The molecule has 98 valence electrons. The van der Waals surface area contributed by atoms with E-state index in [1.165, 1.54) is 18.4 Å². The molecule has 1 aliphatic carbocycles. The molecule has 0 saturated heterocycles. The normalized spacial score (nSPS) is 30.7. The van der Waals surface area contributed by atoms with Crippen LogP contribution in [0, 0.1) is 5.92 Å². The van der Waals surface area contributed by atoms with Gasteiger partial charge in [-0.3, -0.25) is 0 Å². The smallest absolute Gasteiger partial charge is 0.124 e. The molecule has 1 heterocycles. The second-order valence-electron chi connectivity index (χ2n) is 5.65. The molecule has 1 saturated carbocycles. The van der Waals surface area contributed by atoms with Crippen LogP contribution in [0.1, 0.15) is 51.1 Å². The lowest BCUT2D eigenvalue weighted by Gasteiger charge is -2.42. The van der Waals surface area contributed by atoms with Crippen LogP contribution in [0.4, 0.5) is 0 Å². The Hall–Kier alpha value is -1.02. The quantitative estimate of drug-likeness (QED) is 0.873. The number of hydrogen-bond donors (Lipinski definition) is 1. The van der Waals surface area contributed by atoms with Crippen molar-refractivity contribution in [2.24, 2.45) is 5.92 Å². The van der Waals surface area contributed by atoms with E-state index in [0.29, 0.717) is 6.04 Å². The van der Waals surface area contributed by atoms with Crippen LogP contribution in [0.25, 0.3) is 0 Å². The number of ether oxygens (including phenoxy) is 1. The van der Waals surface area contributed by atoms with Crippen LogP contribution in [-0.2, 0) is 0 Å². The zero-order valence-corrected chi connectivity index (χ0v) is 11.4. The first-order valence-corrected chi connectivity index (χ1v) is 7.30. The third kappa shape index (κ3) is 1.93. The SMILES string of the molecule is CCNC1CC(CC)(C2CC2)Oc2ccccc21. The Morgan fingerprint density at radius 3 is 2.72 bits per heavy atom. The van der Waals surface area contributed by atoms with Crippen molar-refractivity contribution >= 4 is 0 Å². The summed E-state index contributed by atoms with van der Waals surface area (Å²) in [6.45, 7) is 5.47. The van der Waals surface area contributed by atoms with E-state index >= 15 is 0 Å². The summed E-state index contributed by atoms with van der Waals surface area (Å²) < 4.78 is 6.43. The predicted molar refractivity (Wildman–Crippen MR) is 73.9 cm³/mol. The van der Waals surface area contributed by atoms with E-state index in [-0.39, 0.29) is 5.60 Å². The molecule has 0 bridgehead atoms. The van der Waals surface area contributed by atoms with Crippen molar-refractivity contribution in [3.05, 3.63) is 29.8 Å². The maximum Gasteiger partial charge on any atom is 0.124 e. The van der Waals surface area contributed by atoms with Crippen molar-refractivity contribution in [1.29, 1.82) is 0 Å². The van der Waals surface area contributed by atoms with Gasteiger partial charge in [-0.15, -0.1) is 0 Å². The Kier molecular flexibility index (Phi) is 3.06. The summed E-state index contributed by atoms with van der Waals surface area (Å²) in [5.41, 5.74) is 1.42. The Morgan fingerprint density at radius 2 is 2.06 bits per heavy atom. The first-order valence-electron chi connectivity index (χ1n) is 7.30. The minimum Gasteiger partial charge on any atom is -0.487 e. The third-order valence-electron chi connectivity index (χ3n) is 4.53. The summed E-state index contributed by atoms with van der Waals surface area (Å²) in [6, 6.07) is 8.99. The van der Waals surface area contributed by atoms with Gasteiger partial charge < -0.3 is 10.1 Å². The van der Waals surface area contributed by atoms with Gasteiger partial charge in [0.25, 0.3) is 0 Å². The Bertz CT molecular complexity index is 427. The molecule has 0 radical (unpaired) electrons. The molecular formula is C16H23NO. The van der Waals surface area contributed by atoms with Gasteiger partial charge in [-0.25, -0.2) is 0 Å². The molecule has 0 spiro atoms. The molecule has 2 unspecified atom stereocenters. The molecule has 2 nitrogen and oxygen atoms in total. The van der Waals surface area contributed by atoms with Crippen LogP contribution < -0.4 is 10.1 Å². The third-order valence-corrected chi connectivity index (χ3v) is 4.53. The average Bonchev–Trinajstić information content (AvgIpc) is 3.23. The summed E-state index contributed by atoms with van der Waals surface area (Å²) in [5, 5.41) is 3.63. The van der Waals surface area contributed by atoms with Crippen LogP contribution in [0.15, 0.2) is 24.3 Å². The summed E-state index contributed by atoms with van der Waals surface area (Å²) in [5.74, 6) is 1.88. The average molecular weight is 245 g/mol. The topological polar surface area (TPSA) is 21.3 Å². The highest BCUT2D eigenvalue weighted by Crippen LogP contribution is 2.52. The van der Waals surface area contributed by atoms with Gasteiger partial charge >= 0.3 is 0 Å². The van der Waals surface area contributed by atoms with Gasteiger partial charge in [-0.2, -0.15) is 0 Å². The predicted octanol–water partition coefficient (Wildman–Crippen LogP) is 3.68. The number of benzene rings is 1. The molecule has 0 aromatic heterocycles. The van der Waals surface area contributed by atoms with Gasteiger partial charge in [0.1, 0.15) is 11.4 Å². The number of fused-ring (bicyclic) bond motifs is 1. The molecule has 2 atom stereocenters. The molecule has 1 N–H and O–H groups in total. The second kappa shape index (κ2) is 4.58. The lowest BCUT2D eigenvalue weighted by molar-refractivity contribution is 0.00594. The first-order chi connectivity index (χ1) is 8.79. The van der Waals surface area contributed by atoms with Crippen LogP contribution >= 0.6 is 0 Å². The van der Waals surface area contributed by atoms with Crippen LogP contribution in [-0.4, -0.2) is 12.1 Å².